The molecule has 0 bridgehead atoms. The van der Waals surface area contributed by atoms with Crippen molar-refractivity contribution in [2.24, 2.45) is 0 Å². The van der Waals surface area contributed by atoms with Gasteiger partial charge in [0.1, 0.15) is 0 Å². The van der Waals surface area contributed by atoms with Gasteiger partial charge in [-0.1, -0.05) is 0 Å². The van der Waals surface area contributed by atoms with Crippen molar-refractivity contribution in [3.63, 3.8) is 0 Å². The van der Waals surface area contributed by atoms with Crippen LogP contribution in [0, 0.1) is 0 Å². The number of hydrogen-bond acceptors (Lipinski definition) is 4. The molecule has 1 unspecified atom stereocenters. The van der Waals surface area contributed by atoms with Gasteiger partial charge in [-0.15, -0.1) is 0 Å². The molecule has 0 aromatic rings. The molecule has 0 aromatic heterocycles. The number of hydrogen-bond donors (Lipinski definition) is 2. The molecule has 0 amide bonds. The van der Waals surface area contributed by atoms with E-state index in [2.05, 4.69) is 10.0 Å². The highest BCUT2D eigenvalue weighted by atomic mass is 32.2. The Bertz CT molecular complexity index is 248. The van der Waals surface area contributed by atoms with Crippen LogP contribution in [0.15, 0.2) is 0 Å². The minimum Gasteiger partial charge on any atom is -0.313 e. The van der Waals surface area contributed by atoms with E-state index in [1.54, 1.807) is 0 Å². The van der Waals surface area contributed by atoms with Gasteiger partial charge >= 0.3 is 0 Å². The van der Waals surface area contributed by atoms with Crippen LogP contribution in [0.25, 0.3) is 0 Å². The second-order valence-electron chi connectivity index (χ2n) is 3.53. The van der Waals surface area contributed by atoms with E-state index in [9.17, 15) is 8.42 Å². The number of rotatable bonds is 6. The van der Waals surface area contributed by atoms with Crippen molar-refractivity contribution in [3.05, 3.63) is 0 Å². The van der Waals surface area contributed by atoms with Crippen molar-refractivity contribution in [1.82, 2.24) is 10.0 Å². The Morgan fingerprint density at radius 3 is 2.79 bits per heavy atom. The topological polar surface area (TPSA) is 58.2 Å². The lowest BCUT2D eigenvalue weighted by Gasteiger charge is -2.10. The summed E-state index contributed by atoms with van der Waals surface area (Å²) in [5.74, 6) is 2.44. The molecule has 1 atom stereocenters. The third kappa shape index (κ3) is 5.85. The highest BCUT2D eigenvalue weighted by Crippen LogP contribution is 2.16. The Morgan fingerprint density at radius 2 is 2.21 bits per heavy atom. The van der Waals surface area contributed by atoms with Crippen LogP contribution in [-0.4, -0.2) is 45.3 Å². The summed E-state index contributed by atoms with van der Waals surface area (Å²) >= 11 is 1.98. The Balaban J connectivity index is 1.94. The second kappa shape index (κ2) is 5.95. The first-order chi connectivity index (χ1) is 6.58. The minimum absolute atomic E-state index is 0.533. The third-order valence-corrected chi connectivity index (χ3v) is 3.97. The van der Waals surface area contributed by atoms with E-state index < -0.39 is 10.0 Å². The summed E-state index contributed by atoms with van der Waals surface area (Å²) in [6.07, 6.45) is 3.28. The van der Waals surface area contributed by atoms with Gasteiger partial charge < -0.3 is 5.32 Å². The van der Waals surface area contributed by atoms with Crippen molar-refractivity contribution in [3.8, 4) is 0 Å². The van der Waals surface area contributed by atoms with Crippen LogP contribution in [-0.2, 0) is 10.0 Å². The third-order valence-electron chi connectivity index (χ3n) is 2.08. The molecule has 14 heavy (non-hydrogen) atoms. The van der Waals surface area contributed by atoms with E-state index in [0.29, 0.717) is 12.6 Å². The highest BCUT2D eigenvalue weighted by Gasteiger charge is 2.13. The predicted molar refractivity (Wildman–Crippen MR) is 61.2 cm³/mol. The van der Waals surface area contributed by atoms with Crippen molar-refractivity contribution in [2.45, 2.75) is 18.9 Å². The summed E-state index contributed by atoms with van der Waals surface area (Å²) in [6.45, 7) is 1.43. The predicted octanol–water partition coefficient (Wildman–Crippen LogP) is 0.0208. The summed E-state index contributed by atoms with van der Waals surface area (Å²) in [5, 5.41) is 3.41. The maximum absolute atomic E-state index is 10.7. The molecule has 0 spiro atoms. The lowest BCUT2D eigenvalue weighted by Crippen LogP contribution is -2.32. The van der Waals surface area contributed by atoms with Crippen LogP contribution >= 0.6 is 11.8 Å². The van der Waals surface area contributed by atoms with Gasteiger partial charge in [-0.3, -0.25) is 0 Å². The van der Waals surface area contributed by atoms with Crippen LogP contribution < -0.4 is 10.0 Å². The van der Waals surface area contributed by atoms with Crippen molar-refractivity contribution >= 4 is 21.8 Å². The average Bonchev–Trinajstić information content (AvgIpc) is 2.54. The van der Waals surface area contributed by atoms with Gasteiger partial charge in [0.15, 0.2) is 0 Å². The normalized spacial score (nSPS) is 22.8. The van der Waals surface area contributed by atoms with Gasteiger partial charge in [-0.05, 0) is 25.1 Å². The number of thioether (sulfide) groups is 1. The molecule has 1 aliphatic heterocycles. The number of sulfonamides is 1. The molecule has 1 heterocycles. The Hall–Kier alpha value is 0.220. The molecule has 2 N–H and O–H groups in total. The van der Waals surface area contributed by atoms with Crippen molar-refractivity contribution in [2.75, 3.05) is 30.9 Å². The highest BCUT2D eigenvalue weighted by molar-refractivity contribution is 7.99. The quantitative estimate of drug-likeness (QED) is 0.641. The molecule has 0 saturated carbocycles. The summed E-state index contributed by atoms with van der Waals surface area (Å²) in [7, 11) is -3.01. The van der Waals surface area contributed by atoms with Crippen molar-refractivity contribution in [1.29, 1.82) is 0 Å². The molecule has 6 heteroatoms. The lowest BCUT2D eigenvalue weighted by molar-refractivity contribution is 0.538. The molecule has 0 aromatic carbocycles. The molecule has 0 aliphatic carbocycles. The molecule has 1 fully saturated rings. The molecule has 1 aliphatic rings. The standard InChI is InChI=1S/C8H18N2O2S2/c1-14(11,12)10-5-2-4-9-8-3-6-13-7-8/h8-10H,2-7H2,1H3. The first-order valence-electron chi connectivity index (χ1n) is 4.84. The van der Waals surface area contributed by atoms with Gasteiger partial charge in [0, 0.05) is 18.3 Å². The van der Waals surface area contributed by atoms with Crippen LogP contribution in [0.5, 0.6) is 0 Å². The average molecular weight is 238 g/mol. The van der Waals surface area contributed by atoms with E-state index in [0.717, 1.165) is 13.0 Å². The lowest BCUT2D eigenvalue weighted by atomic mass is 10.2. The van der Waals surface area contributed by atoms with E-state index in [1.807, 2.05) is 11.8 Å². The second-order valence-corrected chi connectivity index (χ2v) is 6.52. The first-order valence-corrected chi connectivity index (χ1v) is 7.88. The fourth-order valence-corrected chi connectivity index (χ4v) is 3.05. The van der Waals surface area contributed by atoms with Crippen LogP contribution in [0.1, 0.15) is 12.8 Å². The molecule has 1 saturated heterocycles. The minimum atomic E-state index is -3.01. The summed E-state index contributed by atoms with van der Waals surface area (Å²) in [4.78, 5) is 0. The van der Waals surface area contributed by atoms with Crippen LogP contribution in [0.4, 0.5) is 0 Å². The maximum Gasteiger partial charge on any atom is 0.208 e. The number of nitrogens with one attached hydrogen (secondary N) is 2. The van der Waals surface area contributed by atoms with Gasteiger partial charge in [-0.2, -0.15) is 11.8 Å². The fraction of sp³-hybridized carbons (Fsp3) is 1.00. The summed E-state index contributed by atoms with van der Waals surface area (Å²) in [6, 6.07) is 0.637. The van der Waals surface area contributed by atoms with Gasteiger partial charge in [0.25, 0.3) is 0 Å². The largest absolute Gasteiger partial charge is 0.313 e. The van der Waals surface area contributed by atoms with E-state index >= 15 is 0 Å². The first kappa shape index (κ1) is 12.3. The van der Waals surface area contributed by atoms with Gasteiger partial charge in [0.05, 0.1) is 6.26 Å². The molecular formula is C8H18N2O2S2. The molecular weight excluding hydrogens is 220 g/mol. The fourth-order valence-electron chi connectivity index (χ4n) is 1.35. The zero-order valence-electron chi connectivity index (χ0n) is 8.45. The Kier molecular flexibility index (Phi) is 5.22. The summed E-state index contributed by atoms with van der Waals surface area (Å²) in [5.41, 5.74) is 0. The van der Waals surface area contributed by atoms with Gasteiger partial charge in [-0.25, -0.2) is 13.1 Å². The maximum atomic E-state index is 10.7. The zero-order valence-corrected chi connectivity index (χ0v) is 10.1. The SMILES string of the molecule is CS(=O)(=O)NCCCNC1CCSC1. The van der Waals surface area contributed by atoms with E-state index in [4.69, 9.17) is 0 Å². The van der Waals surface area contributed by atoms with Crippen molar-refractivity contribution < 1.29 is 8.42 Å². The van der Waals surface area contributed by atoms with E-state index in [-0.39, 0.29) is 0 Å². The smallest absolute Gasteiger partial charge is 0.208 e. The van der Waals surface area contributed by atoms with Gasteiger partial charge in [0.2, 0.25) is 10.0 Å². The molecule has 1 rings (SSSR count). The summed E-state index contributed by atoms with van der Waals surface area (Å²) < 4.78 is 23.9. The monoisotopic (exact) mass is 238 g/mol. The van der Waals surface area contributed by atoms with Crippen LogP contribution in [0.3, 0.4) is 0 Å². The molecule has 4 nitrogen and oxygen atoms in total. The van der Waals surface area contributed by atoms with E-state index in [1.165, 1.54) is 24.2 Å². The van der Waals surface area contributed by atoms with Crippen LogP contribution in [0.2, 0.25) is 0 Å². The Morgan fingerprint density at radius 1 is 1.43 bits per heavy atom. The Labute approximate surface area is 90.3 Å². The molecule has 0 radical (unpaired) electrons. The zero-order chi connectivity index (χ0) is 10.4. The molecule has 84 valence electrons.